The fourth-order valence-electron chi connectivity index (χ4n) is 2.29. The molecule has 5 nitrogen and oxygen atoms in total. The monoisotopic (exact) mass is 521 g/mol. The summed E-state index contributed by atoms with van der Waals surface area (Å²) < 4.78 is 20.3. The van der Waals surface area contributed by atoms with Crippen LogP contribution in [-0.4, -0.2) is 23.2 Å². The van der Waals surface area contributed by atoms with Gasteiger partial charge in [0.1, 0.15) is 12.4 Å². The number of carboxylic acid groups (broad SMARTS) is 1. The Labute approximate surface area is 177 Å². The lowest BCUT2D eigenvalue weighted by Gasteiger charge is -2.14. The molecule has 2 rings (SSSR count). The molecule has 0 saturated carbocycles. The summed E-state index contributed by atoms with van der Waals surface area (Å²) in [4.78, 5) is 21.9. The molecule has 0 bridgehead atoms. The van der Waals surface area contributed by atoms with E-state index in [0.717, 1.165) is 0 Å². The lowest BCUT2D eigenvalue weighted by molar-refractivity contribution is -0.142. The molecule has 1 atom stereocenters. The molecule has 0 spiro atoms. The van der Waals surface area contributed by atoms with Crippen molar-refractivity contribution in [2.75, 3.05) is 5.32 Å². The molecule has 0 heterocycles. The Morgan fingerprint density at radius 1 is 1.30 bits per heavy atom. The molecule has 0 saturated heterocycles. The number of nitrogens with one attached hydrogen (secondary N) is 1. The van der Waals surface area contributed by atoms with Crippen LogP contribution in [0.1, 0.15) is 18.1 Å². The van der Waals surface area contributed by atoms with Crippen LogP contribution in [0.25, 0.3) is 0 Å². The molecule has 0 aliphatic heterocycles. The highest BCUT2D eigenvalue weighted by molar-refractivity contribution is 9.11. The van der Waals surface area contributed by atoms with E-state index < -0.39 is 12.1 Å². The van der Waals surface area contributed by atoms with Gasteiger partial charge in [0.05, 0.1) is 19.7 Å². The van der Waals surface area contributed by atoms with Gasteiger partial charge in [-0.1, -0.05) is 23.7 Å². The van der Waals surface area contributed by atoms with Crippen molar-refractivity contribution >= 4 is 61.0 Å². The maximum absolute atomic E-state index is 13.4. The van der Waals surface area contributed by atoms with Gasteiger partial charge in [0.2, 0.25) is 12.1 Å². The van der Waals surface area contributed by atoms with Crippen molar-refractivity contribution < 1.29 is 23.8 Å². The molecule has 0 radical (unpaired) electrons. The number of halogens is 4. The van der Waals surface area contributed by atoms with E-state index in [9.17, 15) is 14.0 Å². The van der Waals surface area contributed by atoms with E-state index in [0.29, 0.717) is 36.5 Å². The maximum atomic E-state index is 13.4. The topological polar surface area (TPSA) is 75.6 Å². The van der Waals surface area contributed by atoms with Gasteiger partial charge in [-0.05, 0) is 55.6 Å². The molecule has 2 aromatic rings. The van der Waals surface area contributed by atoms with Gasteiger partial charge in [-0.15, -0.1) is 0 Å². The lowest BCUT2D eigenvalue weighted by atomic mass is 10.1. The van der Waals surface area contributed by atoms with Gasteiger partial charge in [0.15, 0.2) is 0 Å². The third-order valence-corrected chi connectivity index (χ3v) is 5.13. The normalized spacial score (nSPS) is 11.7. The van der Waals surface area contributed by atoms with Crippen molar-refractivity contribution in [3.05, 3.63) is 55.4 Å². The zero-order valence-electron chi connectivity index (χ0n) is 14.1. The number of hydrogen-bond acceptors (Lipinski definition) is 3. The van der Waals surface area contributed by atoms with Gasteiger partial charge in [0.25, 0.3) is 0 Å². The number of anilines is 1. The highest BCUT2D eigenvalue weighted by Gasteiger charge is 2.18. The second-order valence-corrected chi connectivity index (χ2v) is 7.73. The van der Waals surface area contributed by atoms with Crippen LogP contribution in [0.5, 0.6) is 5.75 Å². The van der Waals surface area contributed by atoms with Crippen LogP contribution in [0.4, 0.5) is 10.1 Å². The fraction of sp³-hybridized carbons (Fsp3) is 0.222. The van der Waals surface area contributed by atoms with Crippen molar-refractivity contribution in [3.8, 4) is 5.75 Å². The molecule has 9 heteroatoms. The highest BCUT2D eigenvalue weighted by Crippen LogP contribution is 2.36. The van der Waals surface area contributed by atoms with Gasteiger partial charge >= 0.3 is 5.97 Å². The van der Waals surface area contributed by atoms with Crippen LogP contribution in [0.3, 0.4) is 0 Å². The molecule has 0 aliphatic rings. The number of carboxylic acids is 1. The number of aliphatic carboxylic acids is 1. The number of carbonyl (C=O) groups is 2. The van der Waals surface area contributed by atoms with E-state index in [1.54, 1.807) is 30.3 Å². The average molecular weight is 524 g/mol. The molecule has 1 unspecified atom stereocenters. The van der Waals surface area contributed by atoms with Crippen molar-refractivity contribution in [2.45, 2.75) is 26.1 Å². The zero-order chi connectivity index (χ0) is 20.1. The number of benzene rings is 2. The first-order valence-electron chi connectivity index (χ1n) is 7.71. The Morgan fingerprint density at radius 2 is 1.93 bits per heavy atom. The number of ether oxygens (including phenoxy) is 1. The summed E-state index contributed by atoms with van der Waals surface area (Å²) in [6, 6.07) is 8.40. The molecule has 2 aromatic carbocycles. The van der Waals surface area contributed by atoms with Crippen molar-refractivity contribution in [2.24, 2.45) is 0 Å². The predicted octanol–water partition coefficient (Wildman–Crippen LogP) is 5.37. The Hall–Kier alpha value is -1.64. The first-order valence-corrected chi connectivity index (χ1v) is 9.68. The molecule has 2 N–H and O–H groups in total. The summed E-state index contributed by atoms with van der Waals surface area (Å²) in [5.41, 5.74) is 1.66. The quantitative estimate of drug-likeness (QED) is 0.512. The number of amides is 1. The standard InChI is InChI=1S/C18H15Br2ClFNO4/c1-9(24)23-15-4-2-3-11(16(15)21)8-27-17-12(19)5-10(6-13(17)20)7-14(22)18(25)26/h2-6,14H,7-8H2,1H3,(H,23,24)(H,25,26). The van der Waals surface area contributed by atoms with Crippen molar-refractivity contribution in [3.63, 3.8) is 0 Å². The smallest absolute Gasteiger partial charge is 0.338 e. The summed E-state index contributed by atoms with van der Waals surface area (Å²) in [6.07, 6.45) is -2.23. The Bertz CT molecular complexity index is 855. The Balaban J connectivity index is 2.17. The number of hydrogen-bond donors (Lipinski definition) is 2. The van der Waals surface area contributed by atoms with Gasteiger partial charge in [-0.3, -0.25) is 4.79 Å². The minimum atomic E-state index is -1.98. The third kappa shape index (κ3) is 5.92. The van der Waals surface area contributed by atoms with E-state index >= 15 is 0 Å². The van der Waals surface area contributed by atoms with Crippen LogP contribution in [0.15, 0.2) is 39.3 Å². The fourth-order valence-corrected chi connectivity index (χ4v) is 4.03. The van der Waals surface area contributed by atoms with Crippen molar-refractivity contribution in [1.29, 1.82) is 0 Å². The largest absolute Gasteiger partial charge is 0.486 e. The maximum Gasteiger partial charge on any atom is 0.338 e. The van der Waals surface area contributed by atoms with E-state index in [4.69, 9.17) is 21.4 Å². The molecule has 0 aromatic heterocycles. The first kappa shape index (κ1) is 21.7. The van der Waals surface area contributed by atoms with E-state index in [-0.39, 0.29) is 18.9 Å². The minimum Gasteiger partial charge on any atom is -0.486 e. The summed E-state index contributed by atoms with van der Waals surface area (Å²) in [7, 11) is 0. The van der Waals surface area contributed by atoms with Crippen LogP contribution in [0, 0.1) is 0 Å². The van der Waals surface area contributed by atoms with E-state index in [2.05, 4.69) is 37.2 Å². The summed E-state index contributed by atoms with van der Waals surface area (Å²) in [5.74, 6) is -1.27. The van der Waals surface area contributed by atoms with Crippen LogP contribution < -0.4 is 10.1 Å². The SMILES string of the molecule is CC(=O)Nc1cccc(COc2c(Br)cc(CC(F)C(=O)O)cc2Br)c1Cl. The predicted molar refractivity (Wildman–Crippen MR) is 108 cm³/mol. The number of carbonyl (C=O) groups excluding carboxylic acids is 1. The Kier molecular flexibility index (Phi) is 7.64. The van der Waals surface area contributed by atoms with Gasteiger partial charge in [-0.25, -0.2) is 9.18 Å². The summed E-state index contributed by atoms with van der Waals surface area (Å²) in [6.45, 7) is 1.52. The molecule has 27 heavy (non-hydrogen) atoms. The van der Waals surface area contributed by atoms with Crippen LogP contribution in [-0.2, 0) is 22.6 Å². The second kappa shape index (κ2) is 9.52. The van der Waals surface area contributed by atoms with Gasteiger partial charge in [-0.2, -0.15) is 0 Å². The number of rotatable bonds is 7. The summed E-state index contributed by atoms with van der Waals surface area (Å²) in [5, 5.41) is 11.7. The number of alkyl halides is 1. The zero-order valence-corrected chi connectivity index (χ0v) is 18.0. The summed E-state index contributed by atoms with van der Waals surface area (Å²) >= 11 is 13.0. The average Bonchev–Trinajstić information content (AvgIpc) is 2.56. The minimum absolute atomic E-state index is 0.129. The lowest BCUT2D eigenvalue weighted by Crippen LogP contribution is -2.17. The molecule has 0 aliphatic carbocycles. The van der Waals surface area contributed by atoms with Gasteiger partial charge in [0, 0.05) is 18.9 Å². The van der Waals surface area contributed by atoms with E-state index in [1.807, 2.05) is 0 Å². The molecule has 1 amide bonds. The van der Waals surface area contributed by atoms with Crippen molar-refractivity contribution in [1.82, 2.24) is 0 Å². The Morgan fingerprint density at radius 3 is 2.48 bits per heavy atom. The molecular formula is C18H15Br2ClFNO4. The molecule has 144 valence electrons. The van der Waals surface area contributed by atoms with E-state index in [1.165, 1.54) is 6.92 Å². The molecule has 0 fully saturated rings. The second-order valence-electron chi connectivity index (χ2n) is 5.65. The first-order chi connectivity index (χ1) is 12.7. The van der Waals surface area contributed by atoms with Gasteiger partial charge < -0.3 is 15.2 Å². The van der Waals surface area contributed by atoms with Crippen LogP contribution >= 0.6 is 43.5 Å². The van der Waals surface area contributed by atoms with Crippen LogP contribution in [0.2, 0.25) is 5.02 Å². The third-order valence-electron chi connectivity index (χ3n) is 3.50. The highest BCUT2D eigenvalue weighted by atomic mass is 79.9. The molecular weight excluding hydrogens is 508 g/mol.